The monoisotopic (exact) mass is 425 g/mol. The van der Waals surface area contributed by atoms with E-state index in [1.54, 1.807) is 4.90 Å². The molecule has 154 valence electrons. The third-order valence-electron chi connectivity index (χ3n) is 4.88. The molecule has 0 N–H and O–H groups in total. The third-order valence-corrected chi connectivity index (χ3v) is 5.56. The fourth-order valence-corrected chi connectivity index (χ4v) is 4.04. The number of nitrogens with zero attached hydrogens (tertiary/aromatic N) is 5. The van der Waals surface area contributed by atoms with E-state index in [1.165, 1.54) is 22.9 Å². The Morgan fingerprint density at radius 2 is 2.21 bits per heavy atom. The van der Waals surface area contributed by atoms with Crippen molar-refractivity contribution in [2.24, 2.45) is 0 Å². The summed E-state index contributed by atoms with van der Waals surface area (Å²) in [6, 6.07) is 2.54. The van der Waals surface area contributed by atoms with Crippen molar-refractivity contribution in [3.8, 4) is 11.5 Å². The summed E-state index contributed by atoms with van der Waals surface area (Å²) in [6.45, 7) is 2.16. The minimum Gasteiger partial charge on any atom is -0.418 e. The van der Waals surface area contributed by atoms with Gasteiger partial charge in [-0.25, -0.2) is 0 Å². The second-order valence-electron chi connectivity index (χ2n) is 6.84. The molecule has 1 aliphatic rings. The summed E-state index contributed by atoms with van der Waals surface area (Å²) in [4.78, 5) is 14.4. The van der Waals surface area contributed by atoms with E-state index in [9.17, 15) is 18.0 Å². The van der Waals surface area contributed by atoms with E-state index in [2.05, 4.69) is 15.3 Å². The molecule has 1 fully saturated rings. The number of amides is 1. The minimum absolute atomic E-state index is 0.0435. The summed E-state index contributed by atoms with van der Waals surface area (Å²) >= 11 is 1.52. The Balaban J connectivity index is 1.43. The SMILES string of the molecule is Cc1cc(C(F)(F)F)nn1CCC(=O)N1CCC[C@H]1c1nnc(-c2ccsc2)o1. The van der Waals surface area contributed by atoms with Crippen LogP contribution in [0.1, 0.15) is 42.6 Å². The van der Waals surface area contributed by atoms with Crippen molar-refractivity contribution in [2.75, 3.05) is 6.54 Å². The van der Waals surface area contributed by atoms with Gasteiger partial charge in [0.05, 0.1) is 0 Å². The molecule has 1 amide bonds. The fourth-order valence-electron chi connectivity index (χ4n) is 3.41. The molecule has 0 aromatic carbocycles. The van der Waals surface area contributed by atoms with Crippen LogP contribution in [0.15, 0.2) is 27.3 Å². The second-order valence-corrected chi connectivity index (χ2v) is 7.62. The topological polar surface area (TPSA) is 77.1 Å². The van der Waals surface area contributed by atoms with Gasteiger partial charge in [0, 0.05) is 36.1 Å². The Hall–Kier alpha value is -2.69. The van der Waals surface area contributed by atoms with E-state index in [4.69, 9.17) is 4.42 Å². The van der Waals surface area contributed by atoms with Crippen LogP contribution in [-0.4, -0.2) is 37.3 Å². The van der Waals surface area contributed by atoms with E-state index < -0.39 is 11.9 Å². The second kappa shape index (κ2) is 7.62. The lowest BCUT2D eigenvalue weighted by molar-refractivity contribution is -0.141. The molecule has 1 aliphatic heterocycles. The van der Waals surface area contributed by atoms with Crippen LogP contribution < -0.4 is 0 Å². The number of aromatic nitrogens is 4. The van der Waals surface area contributed by atoms with Gasteiger partial charge in [-0.3, -0.25) is 9.48 Å². The number of thiophene rings is 1. The lowest BCUT2D eigenvalue weighted by atomic mass is 10.2. The van der Waals surface area contributed by atoms with Crippen LogP contribution in [0.25, 0.3) is 11.5 Å². The number of aryl methyl sites for hydroxylation is 2. The molecule has 0 bridgehead atoms. The number of hydrogen-bond acceptors (Lipinski definition) is 6. The van der Waals surface area contributed by atoms with Crippen molar-refractivity contribution in [3.63, 3.8) is 0 Å². The van der Waals surface area contributed by atoms with Crippen molar-refractivity contribution in [3.05, 3.63) is 40.2 Å². The number of halogens is 3. The summed E-state index contributed by atoms with van der Waals surface area (Å²) in [7, 11) is 0. The normalized spacial score (nSPS) is 17.2. The van der Waals surface area contributed by atoms with Crippen LogP contribution in [0.3, 0.4) is 0 Å². The van der Waals surface area contributed by atoms with Gasteiger partial charge in [0.15, 0.2) is 5.69 Å². The van der Waals surface area contributed by atoms with Crippen molar-refractivity contribution in [2.45, 2.75) is 44.9 Å². The highest BCUT2D eigenvalue weighted by Crippen LogP contribution is 2.33. The van der Waals surface area contributed by atoms with Crippen LogP contribution in [0.2, 0.25) is 0 Å². The summed E-state index contributed by atoms with van der Waals surface area (Å²) < 4.78 is 45.4. The van der Waals surface area contributed by atoms with Crippen LogP contribution in [0.5, 0.6) is 0 Å². The Morgan fingerprint density at radius 3 is 2.90 bits per heavy atom. The molecule has 7 nitrogen and oxygen atoms in total. The number of likely N-dealkylation sites (tertiary alicyclic amines) is 1. The molecule has 0 spiro atoms. The molecule has 3 aromatic rings. The van der Waals surface area contributed by atoms with Crippen molar-refractivity contribution >= 4 is 17.2 Å². The lowest BCUT2D eigenvalue weighted by Gasteiger charge is -2.22. The molecule has 0 unspecified atom stereocenters. The van der Waals surface area contributed by atoms with E-state index in [-0.39, 0.29) is 24.9 Å². The van der Waals surface area contributed by atoms with Crippen LogP contribution in [0.4, 0.5) is 13.2 Å². The maximum atomic E-state index is 12.8. The highest BCUT2D eigenvalue weighted by Gasteiger charge is 2.35. The first-order chi connectivity index (χ1) is 13.8. The third kappa shape index (κ3) is 4.04. The van der Waals surface area contributed by atoms with E-state index in [0.29, 0.717) is 30.4 Å². The molecule has 0 aliphatic carbocycles. The zero-order chi connectivity index (χ0) is 20.6. The van der Waals surface area contributed by atoms with Gasteiger partial charge in [0.1, 0.15) is 6.04 Å². The molecular weight excluding hydrogens is 407 g/mol. The van der Waals surface area contributed by atoms with Crippen LogP contribution in [-0.2, 0) is 17.5 Å². The molecular formula is C18H18F3N5O2S. The van der Waals surface area contributed by atoms with Crippen molar-refractivity contribution < 1.29 is 22.4 Å². The van der Waals surface area contributed by atoms with Crippen molar-refractivity contribution in [1.82, 2.24) is 24.9 Å². The van der Waals surface area contributed by atoms with Crippen LogP contribution >= 0.6 is 11.3 Å². The molecule has 29 heavy (non-hydrogen) atoms. The molecule has 1 atom stereocenters. The zero-order valence-corrected chi connectivity index (χ0v) is 16.3. The maximum Gasteiger partial charge on any atom is 0.435 e. The van der Waals surface area contributed by atoms with Gasteiger partial charge < -0.3 is 9.32 Å². The van der Waals surface area contributed by atoms with E-state index in [0.717, 1.165) is 18.1 Å². The molecule has 3 aromatic heterocycles. The standard InChI is InChI=1S/C18H18F3N5O2S/c1-11-9-14(18(19,20)21)24-26(11)7-4-15(27)25-6-2-3-13(25)17-23-22-16(28-17)12-5-8-29-10-12/h5,8-10,13H,2-4,6-7H2,1H3/t13-/m0/s1. The Labute approximate surface area is 168 Å². The number of hydrogen-bond donors (Lipinski definition) is 0. The summed E-state index contributed by atoms with van der Waals surface area (Å²) in [5.74, 6) is 0.616. The van der Waals surface area contributed by atoms with Gasteiger partial charge in [-0.2, -0.15) is 29.6 Å². The van der Waals surface area contributed by atoms with Gasteiger partial charge in [-0.1, -0.05) is 0 Å². The van der Waals surface area contributed by atoms with Gasteiger partial charge in [-0.15, -0.1) is 10.2 Å². The zero-order valence-electron chi connectivity index (χ0n) is 15.5. The summed E-state index contributed by atoms with van der Waals surface area (Å²) in [6.07, 6.45) is -2.96. The van der Waals surface area contributed by atoms with Crippen LogP contribution in [0, 0.1) is 6.92 Å². The smallest absolute Gasteiger partial charge is 0.418 e. The first-order valence-electron chi connectivity index (χ1n) is 9.10. The van der Waals surface area contributed by atoms with Gasteiger partial charge in [0.2, 0.25) is 17.7 Å². The Kier molecular flexibility index (Phi) is 5.15. The average molecular weight is 425 g/mol. The number of carbonyl (C=O) groups excluding carboxylic acids is 1. The predicted molar refractivity (Wildman–Crippen MR) is 97.9 cm³/mol. The molecule has 0 radical (unpaired) electrons. The van der Waals surface area contributed by atoms with Gasteiger partial charge in [-0.05, 0) is 37.3 Å². The number of alkyl halides is 3. The largest absolute Gasteiger partial charge is 0.435 e. The summed E-state index contributed by atoms with van der Waals surface area (Å²) in [5, 5.41) is 15.5. The minimum atomic E-state index is -4.50. The van der Waals surface area contributed by atoms with Crippen molar-refractivity contribution in [1.29, 1.82) is 0 Å². The maximum absolute atomic E-state index is 12.8. The first kappa shape index (κ1) is 19.6. The molecule has 11 heteroatoms. The van der Waals surface area contributed by atoms with E-state index >= 15 is 0 Å². The molecule has 4 rings (SSSR count). The molecule has 0 saturated carbocycles. The first-order valence-corrected chi connectivity index (χ1v) is 10.0. The summed E-state index contributed by atoms with van der Waals surface area (Å²) in [5.41, 5.74) is 0.243. The Bertz CT molecular complexity index is 996. The molecule has 4 heterocycles. The highest BCUT2D eigenvalue weighted by atomic mass is 32.1. The Morgan fingerprint density at radius 1 is 1.38 bits per heavy atom. The highest BCUT2D eigenvalue weighted by molar-refractivity contribution is 7.08. The predicted octanol–water partition coefficient (Wildman–Crippen LogP) is 4.08. The average Bonchev–Trinajstić information content (AvgIpc) is 3.44. The molecule has 1 saturated heterocycles. The number of rotatable bonds is 5. The van der Waals surface area contributed by atoms with E-state index in [1.807, 2.05) is 16.8 Å². The lowest BCUT2D eigenvalue weighted by Crippen LogP contribution is -2.31. The van der Waals surface area contributed by atoms with Gasteiger partial charge in [0.25, 0.3) is 0 Å². The number of carbonyl (C=O) groups is 1. The van der Waals surface area contributed by atoms with Gasteiger partial charge >= 0.3 is 6.18 Å². The fraction of sp³-hybridized carbons (Fsp3) is 0.444. The quantitative estimate of drug-likeness (QED) is 0.616.